The van der Waals surface area contributed by atoms with Gasteiger partial charge in [0, 0.05) is 13.2 Å². The maximum atomic E-state index is 10.6. The summed E-state index contributed by atoms with van der Waals surface area (Å²) in [6.07, 6.45) is 0. The monoisotopic (exact) mass is 427 g/mol. The SMILES string of the molecule is C=C(Nc1cc2[nH]nc(OCCOC)c2c(CO)n1)N[C@@H](c1ccccc1)C(C)(C)O. The first-order valence-electron chi connectivity index (χ1n) is 9.94. The van der Waals surface area contributed by atoms with Gasteiger partial charge in [0.05, 0.1) is 47.3 Å². The number of ether oxygens (including phenoxy) is 2. The summed E-state index contributed by atoms with van der Waals surface area (Å²) in [5, 5.41) is 34.5. The van der Waals surface area contributed by atoms with Crippen molar-refractivity contribution in [3.63, 3.8) is 0 Å². The first-order valence-corrected chi connectivity index (χ1v) is 9.94. The third-order valence-corrected chi connectivity index (χ3v) is 4.70. The number of anilines is 1. The van der Waals surface area contributed by atoms with E-state index in [2.05, 4.69) is 32.4 Å². The van der Waals surface area contributed by atoms with E-state index in [4.69, 9.17) is 9.47 Å². The number of aromatic amines is 1. The molecule has 3 rings (SSSR count). The number of methoxy groups -OCH3 is 1. The number of hydrogen-bond donors (Lipinski definition) is 5. The number of nitrogens with zero attached hydrogens (tertiary/aromatic N) is 2. The minimum atomic E-state index is -1.04. The molecule has 166 valence electrons. The number of rotatable bonds is 11. The van der Waals surface area contributed by atoms with E-state index in [9.17, 15) is 10.2 Å². The number of hydrogen-bond acceptors (Lipinski definition) is 8. The number of aliphatic hydroxyl groups excluding tert-OH is 1. The topological polar surface area (TPSA) is 125 Å². The van der Waals surface area contributed by atoms with Gasteiger partial charge in [0.2, 0.25) is 5.88 Å². The van der Waals surface area contributed by atoms with Crippen LogP contribution in [0.5, 0.6) is 5.88 Å². The molecule has 1 atom stereocenters. The van der Waals surface area contributed by atoms with Crippen LogP contribution in [0, 0.1) is 0 Å². The highest BCUT2D eigenvalue weighted by molar-refractivity contribution is 5.88. The van der Waals surface area contributed by atoms with Crippen molar-refractivity contribution < 1.29 is 19.7 Å². The Morgan fingerprint density at radius 1 is 1.26 bits per heavy atom. The predicted molar refractivity (Wildman–Crippen MR) is 119 cm³/mol. The van der Waals surface area contributed by atoms with E-state index in [1.165, 1.54) is 0 Å². The van der Waals surface area contributed by atoms with E-state index >= 15 is 0 Å². The van der Waals surface area contributed by atoms with Crippen LogP contribution in [0.2, 0.25) is 0 Å². The van der Waals surface area contributed by atoms with Crippen molar-refractivity contribution in [2.45, 2.75) is 32.1 Å². The zero-order valence-electron chi connectivity index (χ0n) is 18.0. The van der Waals surface area contributed by atoms with Gasteiger partial charge in [-0.25, -0.2) is 4.98 Å². The number of nitrogens with one attached hydrogen (secondary N) is 3. The lowest BCUT2D eigenvalue weighted by Gasteiger charge is -2.32. The number of H-pyrrole nitrogens is 1. The maximum Gasteiger partial charge on any atom is 0.242 e. The summed E-state index contributed by atoms with van der Waals surface area (Å²) in [6, 6.07) is 11.0. The molecule has 2 heterocycles. The van der Waals surface area contributed by atoms with Crippen LogP contribution in [-0.2, 0) is 11.3 Å². The Balaban J connectivity index is 1.80. The van der Waals surface area contributed by atoms with Gasteiger partial charge in [0.1, 0.15) is 12.4 Å². The van der Waals surface area contributed by atoms with Crippen molar-refractivity contribution in [2.75, 3.05) is 25.6 Å². The van der Waals surface area contributed by atoms with Crippen LogP contribution in [0.25, 0.3) is 10.9 Å². The molecule has 1 aromatic carbocycles. The standard InChI is InChI=1S/C22H29N5O4/c1-14(24-20(22(2,3)29)15-8-6-5-7-9-15)23-18-12-16-19(17(13-28)25-18)21(27-26-16)31-11-10-30-4/h5-9,12,20,24,28-29H,1,10-11,13H2,2-4H3,(H,23,25)(H,26,27)/t20-/m0/s1. The van der Waals surface area contributed by atoms with Crippen LogP contribution in [0.15, 0.2) is 48.8 Å². The fraction of sp³-hybridized carbons (Fsp3) is 0.364. The van der Waals surface area contributed by atoms with Crippen LogP contribution in [0.1, 0.15) is 31.1 Å². The van der Waals surface area contributed by atoms with Gasteiger partial charge in [-0.2, -0.15) is 0 Å². The zero-order chi connectivity index (χ0) is 22.4. The van der Waals surface area contributed by atoms with Gasteiger partial charge >= 0.3 is 0 Å². The highest BCUT2D eigenvalue weighted by Gasteiger charge is 2.28. The van der Waals surface area contributed by atoms with Crippen molar-refractivity contribution in [3.8, 4) is 5.88 Å². The van der Waals surface area contributed by atoms with E-state index in [0.717, 1.165) is 5.56 Å². The Morgan fingerprint density at radius 3 is 2.65 bits per heavy atom. The van der Waals surface area contributed by atoms with Gasteiger partial charge in [0.15, 0.2) is 0 Å². The Bertz CT molecular complexity index is 1010. The Labute approximate surface area is 181 Å². The van der Waals surface area contributed by atoms with Gasteiger partial charge in [0.25, 0.3) is 0 Å². The van der Waals surface area contributed by atoms with Crippen LogP contribution < -0.4 is 15.4 Å². The van der Waals surface area contributed by atoms with Crippen molar-refractivity contribution in [1.29, 1.82) is 0 Å². The normalized spacial score (nSPS) is 12.5. The molecule has 9 nitrogen and oxygen atoms in total. The Morgan fingerprint density at radius 2 is 2.00 bits per heavy atom. The van der Waals surface area contributed by atoms with Crippen LogP contribution in [0.3, 0.4) is 0 Å². The number of pyridine rings is 1. The van der Waals surface area contributed by atoms with Gasteiger partial charge in [-0.05, 0) is 19.4 Å². The largest absolute Gasteiger partial charge is 0.474 e. The molecule has 0 saturated heterocycles. The van der Waals surface area contributed by atoms with E-state index in [-0.39, 0.29) is 6.61 Å². The highest BCUT2D eigenvalue weighted by Crippen LogP contribution is 2.29. The van der Waals surface area contributed by atoms with Gasteiger partial charge in [-0.1, -0.05) is 36.9 Å². The lowest BCUT2D eigenvalue weighted by molar-refractivity contribution is 0.0410. The molecule has 9 heteroatoms. The molecule has 31 heavy (non-hydrogen) atoms. The molecule has 5 N–H and O–H groups in total. The number of aromatic nitrogens is 3. The summed E-state index contributed by atoms with van der Waals surface area (Å²) < 4.78 is 10.6. The highest BCUT2D eigenvalue weighted by atomic mass is 16.5. The first kappa shape index (κ1) is 22.5. The van der Waals surface area contributed by atoms with Gasteiger partial charge in [-0.15, -0.1) is 5.10 Å². The van der Waals surface area contributed by atoms with Crippen LogP contribution >= 0.6 is 0 Å². The van der Waals surface area contributed by atoms with Crippen molar-refractivity contribution in [2.24, 2.45) is 0 Å². The average Bonchev–Trinajstić information content (AvgIpc) is 3.14. The predicted octanol–water partition coefficient (Wildman–Crippen LogP) is 2.46. The molecule has 0 aliphatic heterocycles. The molecule has 0 saturated carbocycles. The lowest BCUT2D eigenvalue weighted by atomic mass is 9.92. The molecule has 0 fully saturated rings. The first-order chi connectivity index (χ1) is 14.8. The van der Waals surface area contributed by atoms with Crippen LogP contribution in [0.4, 0.5) is 5.82 Å². The average molecular weight is 428 g/mol. The second-order valence-corrected chi connectivity index (χ2v) is 7.65. The van der Waals surface area contributed by atoms with Gasteiger partial charge < -0.3 is 30.3 Å². The zero-order valence-corrected chi connectivity index (χ0v) is 18.0. The van der Waals surface area contributed by atoms with Crippen molar-refractivity contribution in [3.05, 3.63) is 60.1 Å². The molecule has 0 spiro atoms. The quantitative estimate of drug-likeness (QED) is 0.296. The summed E-state index contributed by atoms with van der Waals surface area (Å²) in [5.41, 5.74) is 0.945. The summed E-state index contributed by atoms with van der Waals surface area (Å²) in [5.74, 6) is 1.27. The molecule has 3 aromatic rings. The van der Waals surface area contributed by atoms with Crippen molar-refractivity contribution >= 4 is 16.7 Å². The molecule has 0 aliphatic rings. The number of fused-ring (bicyclic) bond motifs is 1. The van der Waals surface area contributed by atoms with E-state index in [1.54, 1.807) is 27.0 Å². The van der Waals surface area contributed by atoms with E-state index < -0.39 is 11.6 Å². The number of benzene rings is 1. The molecule has 0 bridgehead atoms. The van der Waals surface area contributed by atoms with E-state index in [0.29, 0.717) is 47.3 Å². The molecule has 0 unspecified atom stereocenters. The summed E-state index contributed by atoms with van der Waals surface area (Å²) >= 11 is 0. The van der Waals surface area contributed by atoms with Crippen molar-refractivity contribution in [1.82, 2.24) is 20.5 Å². The molecular formula is C22H29N5O4. The van der Waals surface area contributed by atoms with E-state index in [1.807, 2.05) is 30.3 Å². The third-order valence-electron chi connectivity index (χ3n) is 4.70. The smallest absolute Gasteiger partial charge is 0.242 e. The fourth-order valence-electron chi connectivity index (χ4n) is 3.27. The molecule has 0 amide bonds. The Hall–Kier alpha value is -3.14. The minimum absolute atomic E-state index is 0.289. The molecule has 0 radical (unpaired) electrons. The molecular weight excluding hydrogens is 398 g/mol. The molecule has 2 aromatic heterocycles. The summed E-state index contributed by atoms with van der Waals surface area (Å²) in [6.45, 7) is 7.95. The summed E-state index contributed by atoms with van der Waals surface area (Å²) in [7, 11) is 1.59. The lowest BCUT2D eigenvalue weighted by Crippen LogP contribution is -2.40. The second kappa shape index (κ2) is 9.78. The maximum absolute atomic E-state index is 10.6. The molecule has 0 aliphatic carbocycles. The third kappa shape index (κ3) is 5.52. The Kier molecular flexibility index (Phi) is 7.11. The number of aliphatic hydroxyl groups is 2. The fourth-order valence-corrected chi connectivity index (χ4v) is 3.27. The second-order valence-electron chi connectivity index (χ2n) is 7.65. The minimum Gasteiger partial charge on any atom is -0.474 e. The van der Waals surface area contributed by atoms with Crippen LogP contribution in [-0.4, -0.2) is 51.3 Å². The van der Waals surface area contributed by atoms with Gasteiger partial charge in [-0.3, -0.25) is 5.10 Å². The summed E-state index contributed by atoms with van der Waals surface area (Å²) in [4.78, 5) is 4.47.